The average Bonchev–Trinajstić information content (AvgIpc) is 3.13. The van der Waals surface area contributed by atoms with E-state index < -0.39 is 11.3 Å². The molecule has 0 spiro atoms. The fourth-order valence-electron chi connectivity index (χ4n) is 3.06. The van der Waals surface area contributed by atoms with E-state index >= 15 is 0 Å². The summed E-state index contributed by atoms with van der Waals surface area (Å²) in [6, 6.07) is 15.2. The SMILES string of the molecule is Cc1ccc(Cn2cc(NC(=O)c3nn(C)c4ccccc4c3=O)cn2)cc1. The number of carbonyl (C=O) groups excluding carboxylic acids is 1. The van der Waals surface area contributed by atoms with E-state index in [4.69, 9.17) is 0 Å². The van der Waals surface area contributed by atoms with Crippen LogP contribution in [0, 0.1) is 6.92 Å². The first-order chi connectivity index (χ1) is 13.5. The summed E-state index contributed by atoms with van der Waals surface area (Å²) in [6.45, 7) is 2.63. The molecule has 0 aliphatic carbocycles. The zero-order valence-corrected chi connectivity index (χ0v) is 15.6. The maximum absolute atomic E-state index is 12.6. The Morgan fingerprint density at radius 2 is 1.86 bits per heavy atom. The van der Waals surface area contributed by atoms with Crippen LogP contribution >= 0.6 is 0 Å². The van der Waals surface area contributed by atoms with Gasteiger partial charge in [-0.1, -0.05) is 42.0 Å². The molecule has 7 heteroatoms. The molecular weight excluding hydrogens is 354 g/mol. The lowest BCUT2D eigenvalue weighted by Gasteiger charge is -2.07. The van der Waals surface area contributed by atoms with Gasteiger partial charge in [0.05, 0.1) is 23.9 Å². The van der Waals surface area contributed by atoms with Gasteiger partial charge in [0.2, 0.25) is 5.43 Å². The topological polar surface area (TPSA) is 81.8 Å². The molecule has 2 aromatic heterocycles. The molecule has 0 unspecified atom stereocenters. The number of nitrogens with one attached hydrogen (secondary N) is 1. The van der Waals surface area contributed by atoms with Gasteiger partial charge < -0.3 is 5.32 Å². The fourth-order valence-corrected chi connectivity index (χ4v) is 3.06. The van der Waals surface area contributed by atoms with Crippen molar-refractivity contribution in [3.8, 4) is 0 Å². The molecule has 0 aliphatic heterocycles. The molecule has 140 valence electrons. The van der Waals surface area contributed by atoms with Crippen molar-refractivity contribution in [1.29, 1.82) is 0 Å². The zero-order chi connectivity index (χ0) is 19.7. The van der Waals surface area contributed by atoms with Gasteiger partial charge in [-0.05, 0) is 24.6 Å². The first-order valence-corrected chi connectivity index (χ1v) is 8.86. The third-order valence-electron chi connectivity index (χ3n) is 4.53. The van der Waals surface area contributed by atoms with Crippen LogP contribution in [0.1, 0.15) is 21.6 Å². The quantitative estimate of drug-likeness (QED) is 0.596. The maximum Gasteiger partial charge on any atom is 0.280 e. The van der Waals surface area contributed by atoms with Gasteiger partial charge in [0.25, 0.3) is 5.91 Å². The summed E-state index contributed by atoms with van der Waals surface area (Å²) in [4.78, 5) is 25.2. The largest absolute Gasteiger partial charge is 0.318 e. The van der Waals surface area contributed by atoms with Gasteiger partial charge in [0.1, 0.15) is 0 Å². The highest BCUT2D eigenvalue weighted by Gasteiger charge is 2.17. The van der Waals surface area contributed by atoms with Crippen LogP contribution in [-0.2, 0) is 13.6 Å². The van der Waals surface area contributed by atoms with E-state index in [2.05, 4.69) is 15.5 Å². The van der Waals surface area contributed by atoms with Crippen molar-refractivity contribution >= 4 is 22.5 Å². The molecule has 0 bridgehead atoms. The Bertz CT molecular complexity index is 1220. The highest BCUT2D eigenvalue weighted by Crippen LogP contribution is 2.12. The normalized spacial score (nSPS) is 10.9. The van der Waals surface area contributed by atoms with Crippen molar-refractivity contribution in [1.82, 2.24) is 19.6 Å². The van der Waals surface area contributed by atoms with Crippen molar-refractivity contribution in [3.63, 3.8) is 0 Å². The molecule has 0 aliphatic rings. The molecule has 0 saturated heterocycles. The van der Waals surface area contributed by atoms with E-state index in [1.165, 1.54) is 10.2 Å². The molecule has 7 nitrogen and oxygen atoms in total. The second-order valence-electron chi connectivity index (χ2n) is 6.68. The molecule has 4 aromatic rings. The predicted molar refractivity (Wildman–Crippen MR) is 107 cm³/mol. The molecular formula is C21H19N5O2. The number of benzene rings is 2. The molecule has 1 amide bonds. The van der Waals surface area contributed by atoms with E-state index in [0.29, 0.717) is 23.1 Å². The smallest absolute Gasteiger partial charge is 0.280 e. The first-order valence-electron chi connectivity index (χ1n) is 8.86. The van der Waals surface area contributed by atoms with Gasteiger partial charge in [-0.15, -0.1) is 0 Å². The average molecular weight is 373 g/mol. The van der Waals surface area contributed by atoms with E-state index in [1.54, 1.807) is 42.3 Å². The highest BCUT2D eigenvalue weighted by molar-refractivity contribution is 6.04. The number of carbonyl (C=O) groups is 1. The van der Waals surface area contributed by atoms with Gasteiger partial charge in [0, 0.05) is 18.6 Å². The van der Waals surface area contributed by atoms with Crippen LogP contribution in [0.5, 0.6) is 0 Å². The minimum Gasteiger partial charge on any atom is -0.318 e. The lowest BCUT2D eigenvalue weighted by atomic mass is 10.1. The number of fused-ring (bicyclic) bond motifs is 1. The Morgan fingerprint density at radius 1 is 1.11 bits per heavy atom. The number of hydrogen-bond acceptors (Lipinski definition) is 4. The Labute approximate surface area is 161 Å². The van der Waals surface area contributed by atoms with Crippen molar-refractivity contribution in [2.24, 2.45) is 7.05 Å². The van der Waals surface area contributed by atoms with Crippen LogP contribution in [0.3, 0.4) is 0 Å². The van der Waals surface area contributed by atoms with E-state index in [9.17, 15) is 9.59 Å². The van der Waals surface area contributed by atoms with Crippen LogP contribution in [0.25, 0.3) is 10.9 Å². The Morgan fingerprint density at radius 3 is 2.64 bits per heavy atom. The number of nitrogens with zero attached hydrogens (tertiary/aromatic N) is 4. The summed E-state index contributed by atoms with van der Waals surface area (Å²) in [6.07, 6.45) is 3.28. The number of hydrogen-bond donors (Lipinski definition) is 1. The minimum atomic E-state index is -0.554. The minimum absolute atomic E-state index is 0.146. The lowest BCUT2D eigenvalue weighted by molar-refractivity contribution is 0.101. The van der Waals surface area contributed by atoms with Crippen molar-refractivity contribution in [2.75, 3.05) is 5.32 Å². The van der Waals surface area contributed by atoms with E-state index in [-0.39, 0.29) is 5.69 Å². The number of aromatic nitrogens is 4. The number of para-hydroxylation sites is 1. The molecule has 4 rings (SSSR count). The van der Waals surface area contributed by atoms with Crippen LogP contribution in [0.15, 0.2) is 65.7 Å². The standard InChI is InChI=1S/C21H19N5O2/c1-14-7-9-15(10-8-14)12-26-13-16(11-22-26)23-21(28)19-20(27)17-5-3-4-6-18(17)25(2)24-19/h3-11,13H,12H2,1-2H3,(H,23,28). The van der Waals surface area contributed by atoms with Crippen LogP contribution in [0.4, 0.5) is 5.69 Å². The summed E-state index contributed by atoms with van der Waals surface area (Å²) in [5.74, 6) is -0.554. The van der Waals surface area contributed by atoms with Gasteiger partial charge in [-0.2, -0.15) is 10.2 Å². The third kappa shape index (κ3) is 3.42. The first kappa shape index (κ1) is 17.7. The fraction of sp³-hybridized carbons (Fsp3) is 0.143. The number of anilines is 1. The van der Waals surface area contributed by atoms with E-state index in [1.807, 2.05) is 37.3 Å². The maximum atomic E-state index is 12.6. The van der Waals surface area contributed by atoms with Crippen LogP contribution < -0.4 is 10.7 Å². The van der Waals surface area contributed by atoms with Crippen LogP contribution in [0.2, 0.25) is 0 Å². The molecule has 0 fully saturated rings. The third-order valence-corrected chi connectivity index (χ3v) is 4.53. The van der Waals surface area contributed by atoms with Crippen molar-refractivity contribution in [3.05, 3.63) is 88.0 Å². The molecule has 0 radical (unpaired) electrons. The molecule has 2 heterocycles. The van der Waals surface area contributed by atoms with E-state index in [0.717, 1.165) is 5.56 Å². The van der Waals surface area contributed by atoms with Crippen molar-refractivity contribution < 1.29 is 4.79 Å². The summed E-state index contributed by atoms with van der Waals surface area (Å²) in [5.41, 5.74) is 2.95. The Kier molecular flexibility index (Phi) is 4.49. The second kappa shape index (κ2) is 7.11. The summed E-state index contributed by atoms with van der Waals surface area (Å²) < 4.78 is 3.26. The van der Waals surface area contributed by atoms with Gasteiger partial charge in [0.15, 0.2) is 5.69 Å². The highest BCUT2D eigenvalue weighted by atomic mass is 16.2. The number of aryl methyl sites for hydroxylation is 2. The van der Waals surface area contributed by atoms with Gasteiger partial charge >= 0.3 is 0 Å². The zero-order valence-electron chi connectivity index (χ0n) is 15.6. The monoisotopic (exact) mass is 373 g/mol. The number of amides is 1. The summed E-state index contributed by atoms with van der Waals surface area (Å²) in [7, 11) is 1.71. The van der Waals surface area contributed by atoms with Crippen LogP contribution in [-0.4, -0.2) is 25.5 Å². The predicted octanol–water partition coefficient (Wildman–Crippen LogP) is 2.74. The Balaban J connectivity index is 1.55. The van der Waals surface area contributed by atoms with Gasteiger partial charge in [-0.3, -0.25) is 19.0 Å². The molecule has 0 atom stereocenters. The molecule has 2 aromatic carbocycles. The molecule has 1 N–H and O–H groups in total. The number of rotatable bonds is 4. The molecule has 0 saturated carbocycles. The summed E-state index contributed by atoms with van der Waals surface area (Å²) >= 11 is 0. The summed E-state index contributed by atoms with van der Waals surface area (Å²) in [5, 5.41) is 11.6. The molecule has 28 heavy (non-hydrogen) atoms. The Hall–Kier alpha value is -3.74. The lowest BCUT2D eigenvalue weighted by Crippen LogP contribution is -2.26. The second-order valence-corrected chi connectivity index (χ2v) is 6.68. The van der Waals surface area contributed by atoms with Gasteiger partial charge in [-0.25, -0.2) is 0 Å². The van der Waals surface area contributed by atoms with Crippen molar-refractivity contribution in [2.45, 2.75) is 13.5 Å².